The zero-order chi connectivity index (χ0) is 14.7. The van der Waals surface area contributed by atoms with E-state index in [4.69, 9.17) is 4.52 Å². The van der Waals surface area contributed by atoms with Crippen molar-refractivity contribution in [3.05, 3.63) is 66.2 Å². The third kappa shape index (κ3) is 2.56. The Morgan fingerprint density at radius 2 is 1.76 bits per heavy atom. The van der Waals surface area contributed by atoms with Crippen LogP contribution in [0.4, 0.5) is 0 Å². The van der Waals surface area contributed by atoms with Gasteiger partial charge in [-0.1, -0.05) is 53.7 Å². The lowest BCUT2D eigenvalue weighted by Crippen LogP contribution is -2.18. The number of nitrogens with zero attached hydrogens (tertiary/aromatic N) is 1. The molecular formula is C17H14N2O2. The molecule has 4 nitrogen and oxygen atoms in total. The Morgan fingerprint density at radius 3 is 2.52 bits per heavy atom. The van der Waals surface area contributed by atoms with Crippen molar-refractivity contribution in [2.24, 2.45) is 0 Å². The molecular weight excluding hydrogens is 264 g/mol. The monoisotopic (exact) mass is 278 g/mol. The van der Waals surface area contributed by atoms with Gasteiger partial charge in [0.25, 0.3) is 5.91 Å². The fraction of sp³-hybridized carbons (Fsp3) is 0.0588. The summed E-state index contributed by atoms with van der Waals surface area (Å²) in [7, 11) is 1.61. The van der Waals surface area contributed by atoms with Crippen molar-refractivity contribution in [1.29, 1.82) is 0 Å². The third-order valence-corrected chi connectivity index (χ3v) is 3.24. The van der Waals surface area contributed by atoms with Gasteiger partial charge in [-0.25, -0.2) is 0 Å². The summed E-state index contributed by atoms with van der Waals surface area (Å²) >= 11 is 0. The first-order valence-corrected chi connectivity index (χ1v) is 6.63. The summed E-state index contributed by atoms with van der Waals surface area (Å²) in [6.45, 7) is 0. The molecule has 1 aromatic heterocycles. The van der Waals surface area contributed by atoms with Gasteiger partial charge in [0.15, 0.2) is 5.76 Å². The van der Waals surface area contributed by atoms with Crippen LogP contribution in [0.25, 0.3) is 22.6 Å². The molecule has 0 fully saturated rings. The first-order chi connectivity index (χ1) is 10.3. The Bertz CT molecular complexity index is 763. The highest BCUT2D eigenvalue weighted by Gasteiger charge is 2.15. The molecule has 0 aliphatic carbocycles. The van der Waals surface area contributed by atoms with Crippen LogP contribution in [0.5, 0.6) is 0 Å². The second kappa shape index (κ2) is 5.63. The van der Waals surface area contributed by atoms with Crippen molar-refractivity contribution in [3.63, 3.8) is 0 Å². The number of benzene rings is 2. The molecule has 0 bridgehead atoms. The van der Waals surface area contributed by atoms with Gasteiger partial charge in [0.1, 0.15) is 5.69 Å². The van der Waals surface area contributed by atoms with Crippen molar-refractivity contribution in [3.8, 4) is 22.6 Å². The lowest BCUT2D eigenvalue weighted by molar-refractivity contribution is 0.0963. The molecule has 104 valence electrons. The molecule has 0 atom stereocenters. The van der Waals surface area contributed by atoms with E-state index in [-0.39, 0.29) is 5.91 Å². The highest BCUT2D eigenvalue weighted by atomic mass is 16.5. The second-order valence-corrected chi connectivity index (χ2v) is 4.57. The van der Waals surface area contributed by atoms with Gasteiger partial charge in [0, 0.05) is 24.2 Å². The zero-order valence-corrected chi connectivity index (χ0v) is 11.5. The predicted molar refractivity (Wildman–Crippen MR) is 80.8 cm³/mol. The van der Waals surface area contributed by atoms with E-state index in [0.717, 1.165) is 16.8 Å². The van der Waals surface area contributed by atoms with Gasteiger partial charge >= 0.3 is 0 Å². The summed E-state index contributed by atoms with van der Waals surface area (Å²) in [6.07, 6.45) is 0. The lowest BCUT2D eigenvalue weighted by atomic mass is 10.0. The smallest absolute Gasteiger partial charge is 0.251 e. The van der Waals surface area contributed by atoms with Crippen LogP contribution >= 0.6 is 0 Å². The quantitative estimate of drug-likeness (QED) is 0.799. The number of hydrogen-bond acceptors (Lipinski definition) is 3. The minimum atomic E-state index is -0.150. The van der Waals surface area contributed by atoms with Crippen LogP contribution in [0.3, 0.4) is 0 Å². The maximum Gasteiger partial charge on any atom is 0.251 e. The van der Waals surface area contributed by atoms with E-state index >= 15 is 0 Å². The largest absolute Gasteiger partial charge is 0.356 e. The maximum absolute atomic E-state index is 11.9. The second-order valence-electron chi connectivity index (χ2n) is 4.57. The van der Waals surface area contributed by atoms with Gasteiger partial charge in [-0.3, -0.25) is 4.79 Å². The van der Waals surface area contributed by atoms with Gasteiger partial charge in [-0.05, 0) is 6.07 Å². The van der Waals surface area contributed by atoms with Gasteiger partial charge in [0.2, 0.25) is 0 Å². The molecule has 21 heavy (non-hydrogen) atoms. The summed E-state index contributed by atoms with van der Waals surface area (Å²) in [4.78, 5) is 11.9. The molecule has 3 rings (SSSR count). The summed E-state index contributed by atoms with van der Waals surface area (Å²) in [5.41, 5.74) is 3.02. The molecule has 0 spiro atoms. The fourth-order valence-corrected chi connectivity index (χ4v) is 2.18. The van der Waals surface area contributed by atoms with Crippen LogP contribution in [0.15, 0.2) is 65.2 Å². The van der Waals surface area contributed by atoms with Crippen LogP contribution in [-0.2, 0) is 0 Å². The van der Waals surface area contributed by atoms with Gasteiger partial charge < -0.3 is 9.84 Å². The molecule has 3 aromatic rings. The highest BCUT2D eigenvalue weighted by molar-refractivity contribution is 6.00. The highest BCUT2D eigenvalue weighted by Crippen LogP contribution is 2.28. The first-order valence-electron chi connectivity index (χ1n) is 6.63. The van der Waals surface area contributed by atoms with Crippen LogP contribution in [-0.4, -0.2) is 18.1 Å². The lowest BCUT2D eigenvalue weighted by Gasteiger charge is -2.04. The molecule has 2 aromatic carbocycles. The van der Waals surface area contributed by atoms with Gasteiger partial charge in [0.05, 0.1) is 5.56 Å². The average molecular weight is 278 g/mol. The van der Waals surface area contributed by atoms with Gasteiger partial charge in [-0.15, -0.1) is 0 Å². The van der Waals surface area contributed by atoms with E-state index in [1.807, 2.05) is 54.6 Å². The van der Waals surface area contributed by atoms with Crippen molar-refractivity contribution < 1.29 is 9.32 Å². The Kier molecular flexibility index (Phi) is 3.51. The van der Waals surface area contributed by atoms with Crippen LogP contribution in [0, 0.1) is 0 Å². The molecule has 0 saturated heterocycles. The molecule has 0 aliphatic heterocycles. The number of carbonyl (C=O) groups excluding carboxylic acids is 1. The number of hydrogen-bond donors (Lipinski definition) is 1. The average Bonchev–Trinajstić information content (AvgIpc) is 3.05. The van der Waals surface area contributed by atoms with E-state index in [1.165, 1.54) is 0 Å². The molecule has 1 amide bonds. The zero-order valence-electron chi connectivity index (χ0n) is 11.5. The maximum atomic E-state index is 11.9. The Hall–Kier alpha value is -2.88. The normalized spacial score (nSPS) is 10.3. The number of carbonyl (C=O) groups is 1. The van der Waals surface area contributed by atoms with Crippen molar-refractivity contribution in [1.82, 2.24) is 10.5 Å². The van der Waals surface area contributed by atoms with Crippen molar-refractivity contribution in [2.45, 2.75) is 0 Å². The third-order valence-electron chi connectivity index (χ3n) is 3.24. The number of aromatic nitrogens is 1. The SMILES string of the molecule is CNC(=O)c1ccccc1-c1cc(-c2ccccc2)no1. The first kappa shape index (κ1) is 13.1. The summed E-state index contributed by atoms with van der Waals surface area (Å²) < 4.78 is 5.41. The van der Waals surface area contributed by atoms with E-state index in [0.29, 0.717) is 11.3 Å². The molecule has 0 saturated carbocycles. The standard InChI is InChI=1S/C17H14N2O2/c1-18-17(20)14-10-6-5-9-13(14)16-11-15(19-21-16)12-7-3-2-4-8-12/h2-11H,1H3,(H,18,20). The summed E-state index contributed by atoms with van der Waals surface area (Å²) in [5, 5.41) is 6.71. The molecule has 0 radical (unpaired) electrons. The summed E-state index contributed by atoms with van der Waals surface area (Å²) in [5.74, 6) is 0.427. The van der Waals surface area contributed by atoms with Crippen molar-refractivity contribution >= 4 is 5.91 Å². The minimum Gasteiger partial charge on any atom is -0.356 e. The number of nitrogens with one attached hydrogen (secondary N) is 1. The van der Waals surface area contributed by atoms with E-state index in [2.05, 4.69) is 10.5 Å². The molecule has 0 unspecified atom stereocenters. The molecule has 0 aliphatic rings. The topological polar surface area (TPSA) is 55.1 Å². The predicted octanol–water partition coefficient (Wildman–Crippen LogP) is 3.37. The molecule has 1 heterocycles. The minimum absolute atomic E-state index is 0.150. The Balaban J connectivity index is 2.03. The molecule has 1 N–H and O–H groups in total. The van der Waals surface area contributed by atoms with E-state index < -0.39 is 0 Å². The van der Waals surface area contributed by atoms with E-state index in [1.54, 1.807) is 13.1 Å². The summed E-state index contributed by atoms with van der Waals surface area (Å²) in [6, 6.07) is 18.9. The number of rotatable bonds is 3. The van der Waals surface area contributed by atoms with Crippen molar-refractivity contribution in [2.75, 3.05) is 7.05 Å². The van der Waals surface area contributed by atoms with Crippen LogP contribution in [0.1, 0.15) is 10.4 Å². The van der Waals surface area contributed by atoms with Gasteiger partial charge in [-0.2, -0.15) is 0 Å². The molecule has 4 heteroatoms. The fourth-order valence-electron chi connectivity index (χ4n) is 2.18. The van der Waals surface area contributed by atoms with E-state index in [9.17, 15) is 4.79 Å². The Morgan fingerprint density at radius 1 is 1.05 bits per heavy atom. The Labute approximate surface area is 122 Å². The van der Waals surface area contributed by atoms with Crippen LogP contribution < -0.4 is 5.32 Å². The van der Waals surface area contributed by atoms with Crippen LogP contribution in [0.2, 0.25) is 0 Å². The number of amides is 1.